The van der Waals surface area contributed by atoms with Crippen molar-refractivity contribution in [2.45, 2.75) is 55.3 Å². The van der Waals surface area contributed by atoms with Crippen LogP contribution in [-0.2, 0) is 0 Å². The van der Waals surface area contributed by atoms with Crippen molar-refractivity contribution in [2.24, 2.45) is 0 Å². The summed E-state index contributed by atoms with van der Waals surface area (Å²) in [6, 6.07) is 22.5. The number of benzene rings is 3. The Labute approximate surface area is 277 Å². The van der Waals surface area contributed by atoms with E-state index in [2.05, 4.69) is 20.9 Å². The number of ketones is 1. The number of halogens is 1. The van der Waals surface area contributed by atoms with Gasteiger partial charge in [0, 0.05) is 66.9 Å². The Morgan fingerprint density at radius 3 is 2.52 bits per heavy atom. The van der Waals surface area contributed by atoms with Gasteiger partial charge in [-0.2, -0.15) is 4.98 Å². The van der Waals surface area contributed by atoms with Gasteiger partial charge in [0.15, 0.2) is 5.78 Å². The van der Waals surface area contributed by atoms with Crippen molar-refractivity contribution in [1.29, 1.82) is 0 Å². The number of piperidine rings is 1. The molecule has 10 heteroatoms. The highest BCUT2D eigenvalue weighted by atomic mass is 35.5. The van der Waals surface area contributed by atoms with Crippen LogP contribution in [0.4, 0.5) is 17.3 Å². The topological polar surface area (TPSA) is 101 Å². The molecule has 2 unspecified atom stereocenters. The number of carbonyl (C=O) groups is 1. The fourth-order valence-electron chi connectivity index (χ4n) is 6.43. The number of aryl methyl sites for hydroxylation is 1. The van der Waals surface area contributed by atoms with Gasteiger partial charge in [-0.1, -0.05) is 41.9 Å². The molecule has 0 spiro atoms. The summed E-state index contributed by atoms with van der Waals surface area (Å²) in [6.07, 6.45) is 4.00. The van der Waals surface area contributed by atoms with Crippen molar-refractivity contribution < 1.29 is 4.79 Å². The number of anilines is 3. The smallest absolute Gasteiger partial charge is 0.260 e. The van der Waals surface area contributed by atoms with E-state index in [0.717, 1.165) is 47.8 Å². The number of pyridine rings is 1. The zero-order chi connectivity index (χ0) is 32.0. The molecule has 1 saturated heterocycles. The van der Waals surface area contributed by atoms with Gasteiger partial charge >= 0.3 is 0 Å². The van der Waals surface area contributed by atoms with Gasteiger partial charge in [0.2, 0.25) is 5.95 Å². The highest BCUT2D eigenvalue weighted by Gasteiger charge is 2.44. The van der Waals surface area contributed by atoms with Crippen LogP contribution in [0.5, 0.6) is 0 Å². The van der Waals surface area contributed by atoms with Crippen LogP contribution in [0.25, 0.3) is 22.2 Å². The minimum Gasteiger partial charge on any atom is -0.381 e. The number of aromatic nitrogens is 3. The molecule has 3 N–H and O–H groups in total. The third-order valence-electron chi connectivity index (χ3n) is 8.69. The largest absolute Gasteiger partial charge is 0.381 e. The van der Waals surface area contributed by atoms with Crippen molar-refractivity contribution in [1.82, 2.24) is 19.9 Å². The van der Waals surface area contributed by atoms with Crippen LogP contribution in [0.15, 0.2) is 88.7 Å². The number of hydrogen-bond acceptors (Lipinski definition) is 8. The number of fused-ring (bicyclic) bond motifs is 2. The van der Waals surface area contributed by atoms with Crippen LogP contribution in [0.2, 0.25) is 5.02 Å². The summed E-state index contributed by atoms with van der Waals surface area (Å²) in [5, 5.41) is 11.4. The summed E-state index contributed by atoms with van der Waals surface area (Å²) < 4.78 is 0.900. The summed E-state index contributed by atoms with van der Waals surface area (Å²) in [5.41, 5.74) is 4.48. The molecule has 7 rings (SSSR count). The number of Topliss-reactive ketones (excluding diaryl/α,β-unsaturated/α-hetero) is 1. The van der Waals surface area contributed by atoms with Crippen LogP contribution in [0.1, 0.15) is 48.7 Å². The standard InChI is InChI=1S/C36H35ClN6O2S/c1-21-10-15-26(29(37)17-21)28-18-22-19-39-35(41-24-13-11-23(12-14-24)40-25-7-6-16-38-20-25)42-33(22)43(34(28)45)32-31(44)27-8-4-5-9-30(27)46-36(32,2)3/h4-5,8-15,17-19,25,32,38,40H,6-7,16,20H2,1-3H3,(H,39,41,42). The second-order valence-electron chi connectivity index (χ2n) is 12.5. The van der Waals surface area contributed by atoms with E-state index in [0.29, 0.717) is 44.7 Å². The fourth-order valence-corrected chi connectivity index (χ4v) is 8.08. The summed E-state index contributed by atoms with van der Waals surface area (Å²) in [6.45, 7) is 7.97. The Balaban J connectivity index is 1.32. The van der Waals surface area contributed by atoms with Gasteiger partial charge in [-0.3, -0.25) is 14.2 Å². The molecule has 0 aliphatic carbocycles. The molecule has 0 bridgehead atoms. The van der Waals surface area contributed by atoms with Crippen LogP contribution in [-0.4, -0.2) is 44.2 Å². The quantitative estimate of drug-likeness (QED) is 0.172. The first-order valence-electron chi connectivity index (χ1n) is 15.5. The third-order valence-corrected chi connectivity index (χ3v) is 10.3. The molecular weight excluding hydrogens is 616 g/mol. The Hall–Kier alpha value is -4.18. The lowest BCUT2D eigenvalue weighted by molar-refractivity contribution is 0.0898. The number of rotatable bonds is 6. The maximum atomic E-state index is 14.6. The Morgan fingerprint density at radius 1 is 0.978 bits per heavy atom. The molecule has 46 heavy (non-hydrogen) atoms. The second-order valence-corrected chi connectivity index (χ2v) is 14.7. The fraction of sp³-hybridized carbons (Fsp3) is 0.278. The summed E-state index contributed by atoms with van der Waals surface area (Å²) >= 11 is 8.28. The molecule has 3 aromatic carbocycles. The van der Waals surface area contributed by atoms with Crippen LogP contribution in [0.3, 0.4) is 0 Å². The summed E-state index contributed by atoms with van der Waals surface area (Å²) in [7, 11) is 0. The van der Waals surface area contributed by atoms with E-state index >= 15 is 0 Å². The van der Waals surface area contributed by atoms with Crippen molar-refractivity contribution in [3.8, 4) is 11.1 Å². The molecule has 0 saturated carbocycles. The molecule has 5 aromatic rings. The SMILES string of the molecule is Cc1ccc(-c2cc3cnc(Nc4ccc(NC5CCCNC5)cc4)nc3n(C3C(=O)c4ccccc4SC3(C)C)c2=O)c(Cl)c1. The van der Waals surface area contributed by atoms with Crippen LogP contribution >= 0.6 is 23.4 Å². The predicted molar refractivity (Wildman–Crippen MR) is 188 cm³/mol. The first kappa shape index (κ1) is 30.5. The van der Waals surface area contributed by atoms with Gasteiger partial charge in [0.05, 0.1) is 0 Å². The van der Waals surface area contributed by atoms with Gasteiger partial charge in [0.25, 0.3) is 5.56 Å². The predicted octanol–water partition coefficient (Wildman–Crippen LogP) is 7.64. The molecular formula is C36H35ClN6O2S. The van der Waals surface area contributed by atoms with E-state index in [4.69, 9.17) is 16.6 Å². The molecule has 1 fully saturated rings. The number of nitrogens with one attached hydrogen (secondary N) is 3. The lowest BCUT2D eigenvalue weighted by atomic mass is 9.92. The number of carbonyl (C=O) groups excluding carboxylic acids is 1. The minimum atomic E-state index is -0.825. The lowest BCUT2D eigenvalue weighted by Crippen LogP contribution is -2.44. The molecule has 2 aliphatic rings. The number of nitrogens with zero attached hydrogens (tertiary/aromatic N) is 3. The Morgan fingerprint density at radius 2 is 1.76 bits per heavy atom. The molecule has 2 aliphatic heterocycles. The first-order chi connectivity index (χ1) is 22.2. The molecule has 0 radical (unpaired) electrons. The Kier molecular flexibility index (Phi) is 8.09. The third kappa shape index (κ3) is 5.79. The van der Waals surface area contributed by atoms with E-state index in [1.807, 2.05) is 87.5 Å². The summed E-state index contributed by atoms with van der Waals surface area (Å²) in [4.78, 5) is 39.2. The number of thioether (sulfide) groups is 1. The first-order valence-corrected chi connectivity index (χ1v) is 16.7. The average molecular weight is 651 g/mol. The van der Waals surface area contributed by atoms with Crippen molar-refractivity contribution in [2.75, 3.05) is 23.7 Å². The maximum absolute atomic E-state index is 14.6. The van der Waals surface area contributed by atoms with Crippen LogP contribution in [0, 0.1) is 6.92 Å². The van der Waals surface area contributed by atoms with E-state index < -0.39 is 10.8 Å². The van der Waals surface area contributed by atoms with Crippen molar-refractivity contribution >= 4 is 57.5 Å². The normalized spacial score (nSPS) is 19.1. The zero-order valence-corrected chi connectivity index (χ0v) is 27.5. The Bertz CT molecular complexity index is 2020. The molecule has 4 heterocycles. The van der Waals surface area contributed by atoms with Gasteiger partial charge in [0.1, 0.15) is 11.7 Å². The molecule has 8 nitrogen and oxygen atoms in total. The van der Waals surface area contributed by atoms with Crippen molar-refractivity contribution in [3.63, 3.8) is 0 Å². The van der Waals surface area contributed by atoms with Gasteiger partial charge in [-0.15, -0.1) is 11.8 Å². The summed E-state index contributed by atoms with van der Waals surface area (Å²) in [5.74, 6) is 0.201. The van der Waals surface area contributed by atoms with Gasteiger partial charge in [-0.05, 0) is 88.2 Å². The van der Waals surface area contributed by atoms with Gasteiger partial charge in [-0.25, -0.2) is 4.98 Å². The zero-order valence-electron chi connectivity index (χ0n) is 25.9. The van der Waals surface area contributed by atoms with Crippen molar-refractivity contribution in [3.05, 3.63) is 105 Å². The highest BCUT2D eigenvalue weighted by Crippen LogP contribution is 2.48. The molecule has 0 amide bonds. The average Bonchev–Trinajstić information content (AvgIpc) is 3.03. The molecule has 234 valence electrons. The van der Waals surface area contributed by atoms with E-state index in [9.17, 15) is 9.59 Å². The monoisotopic (exact) mass is 650 g/mol. The van der Waals surface area contributed by atoms with E-state index in [1.165, 1.54) is 0 Å². The molecule has 2 atom stereocenters. The maximum Gasteiger partial charge on any atom is 0.260 e. The van der Waals surface area contributed by atoms with E-state index in [-0.39, 0.29) is 11.3 Å². The molecule has 2 aromatic heterocycles. The van der Waals surface area contributed by atoms with E-state index in [1.54, 1.807) is 28.6 Å². The highest BCUT2D eigenvalue weighted by molar-refractivity contribution is 8.00. The minimum absolute atomic E-state index is 0.126. The van der Waals surface area contributed by atoms with Crippen LogP contribution < -0.4 is 21.5 Å². The van der Waals surface area contributed by atoms with Gasteiger partial charge < -0.3 is 16.0 Å². The number of hydrogen-bond donors (Lipinski definition) is 3. The lowest BCUT2D eigenvalue weighted by Gasteiger charge is -2.39. The second kappa shape index (κ2) is 12.2.